The van der Waals surface area contributed by atoms with E-state index in [0.29, 0.717) is 39.7 Å². The third-order valence-corrected chi connectivity index (χ3v) is 5.45. The number of aromatic nitrogens is 2. The molecule has 2 aromatic carbocycles. The number of amides is 1. The van der Waals surface area contributed by atoms with Gasteiger partial charge in [-0.3, -0.25) is 5.32 Å². The molecule has 0 saturated heterocycles. The molecule has 0 unspecified atom stereocenters. The van der Waals surface area contributed by atoms with Crippen LogP contribution in [0.15, 0.2) is 42.7 Å². The Kier molecular flexibility index (Phi) is 9.31. The summed E-state index contributed by atoms with van der Waals surface area (Å²) >= 11 is 0. The van der Waals surface area contributed by atoms with E-state index in [9.17, 15) is 4.79 Å². The number of ether oxygens (including phenoxy) is 4. The molecule has 0 aliphatic heterocycles. The quantitative estimate of drug-likeness (QED) is 0.315. The van der Waals surface area contributed by atoms with Crippen molar-refractivity contribution in [2.75, 3.05) is 19.5 Å². The van der Waals surface area contributed by atoms with Crippen LogP contribution >= 0.6 is 0 Å². The zero-order valence-corrected chi connectivity index (χ0v) is 20.3. The van der Waals surface area contributed by atoms with Gasteiger partial charge in [-0.25, -0.2) is 14.8 Å². The lowest BCUT2D eigenvalue weighted by atomic mass is 10.1. The zero-order valence-electron chi connectivity index (χ0n) is 20.3. The predicted molar refractivity (Wildman–Crippen MR) is 132 cm³/mol. The van der Waals surface area contributed by atoms with Gasteiger partial charge in [-0.15, -0.1) is 0 Å². The molecule has 0 bridgehead atoms. The summed E-state index contributed by atoms with van der Waals surface area (Å²) in [6.45, 7) is 4.27. The van der Waals surface area contributed by atoms with Crippen molar-refractivity contribution in [1.82, 2.24) is 9.97 Å². The molecule has 0 atom stereocenters. The first-order chi connectivity index (χ1) is 16.6. The van der Waals surface area contributed by atoms with E-state index in [1.54, 1.807) is 50.6 Å². The number of nitrogens with zero attached hydrogens (tertiary/aromatic N) is 2. The van der Waals surface area contributed by atoms with Crippen LogP contribution in [0, 0.1) is 0 Å². The molecule has 1 amide bonds. The van der Waals surface area contributed by atoms with Gasteiger partial charge in [0.25, 0.3) is 0 Å². The number of fused-ring (bicyclic) bond motifs is 1. The molecule has 0 aliphatic rings. The van der Waals surface area contributed by atoms with Crippen molar-refractivity contribution in [2.24, 2.45) is 0 Å². The van der Waals surface area contributed by atoms with Gasteiger partial charge < -0.3 is 18.9 Å². The topological polar surface area (TPSA) is 91.8 Å². The number of carbonyl (C=O) groups excluding carboxylic acids is 1. The molecule has 182 valence electrons. The molecule has 0 aliphatic carbocycles. The second kappa shape index (κ2) is 12.6. The maximum atomic E-state index is 12.4. The Morgan fingerprint density at radius 1 is 0.941 bits per heavy atom. The van der Waals surface area contributed by atoms with Crippen LogP contribution in [0.5, 0.6) is 23.1 Å². The summed E-state index contributed by atoms with van der Waals surface area (Å²) in [5.74, 6) is 2.09. The fourth-order valence-electron chi connectivity index (χ4n) is 3.58. The Morgan fingerprint density at radius 2 is 1.59 bits per heavy atom. The van der Waals surface area contributed by atoms with Gasteiger partial charge in [0, 0.05) is 11.8 Å². The highest BCUT2D eigenvalue weighted by atomic mass is 16.6. The van der Waals surface area contributed by atoms with E-state index < -0.39 is 6.09 Å². The van der Waals surface area contributed by atoms with Crippen LogP contribution in [0.25, 0.3) is 10.9 Å². The van der Waals surface area contributed by atoms with Gasteiger partial charge >= 0.3 is 6.09 Å². The number of anilines is 1. The number of carbonyl (C=O) groups is 1. The summed E-state index contributed by atoms with van der Waals surface area (Å²) in [6.07, 6.45) is 6.98. The van der Waals surface area contributed by atoms with E-state index in [-0.39, 0.29) is 6.10 Å². The Morgan fingerprint density at radius 3 is 2.21 bits per heavy atom. The number of hydrogen-bond acceptors (Lipinski definition) is 7. The highest BCUT2D eigenvalue weighted by molar-refractivity contribution is 5.87. The van der Waals surface area contributed by atoms with Crippen LogP contribution in [0.1, 0.15) is 52.4 Å². The number of hydrogen-bond donors (Lipinski definition) is 1. The van der Waals surface area contributed by atoms with E-state index >= 15 is 0 Å². The highest BCUT2D eigenvalue weighted by Crippen LogP contribution is 2.35. The minimum absolute atomic E-state index is 0.0517. The van der Waals surface area contributed by atoms with Crippen LogP contribution in [0.2, 0.25) is 0 Å². The second-order valence-corrected chi connectivity index (χ2v) is 7.97. The monoisotopic (exact) mass is 467 g/mol. The van der Waals surface area contributed by atoms with Gasteiger partial charge in [-0.2, -0.15) is 0 Å². The number of methoxy groups -OCH3 is 2. The maximum Gasteiger partial charge on any atom is 0.411 e. The van der Waals surface area contributed by atoms with E-state index in [1.807, 2.05) is 0 Å². The van der Waals surface area contributed by atoms with Crippen LogP contribution in [0.4, 0.5) is 10.5 Å². The first-order valence-electron chi connectivity index (χ1n) is 11.7. The van der Waals surface area contributed by atoms with Gasteiger partial charge in [0.15, 0.2) is 11.5 Å². The van der Waals surface area contributed by atoms with Crippen molar-refractivity contribution in [1.29, 1.82) is 0 Å². The van der Waals surface area contributed by atoms with Gasteiger partial charge in [0.05, 0.1) is 25.1 Å². The van der Waals surface area contributed by atoms with E-state index in [4.69, 9.17) is 18.9 Å². The van der Waals surface area contributed by atoms with Gasteiger partial charge in [-0.1, -0.05) is 39.5 Å². The molecule has 0 saturated carbocycles. The fraction of sp³-hybridized carbons (Fsp3) is 0.423. The summed E-state index contributed by atoms with van der Waals surface area (Å²) in [7, 11) is 3.14. The lowest BCUT2D eigenvalue weighted by molar-refractivity contribution is 0.0968. The molecule has 8 heteroatoms. The molecule has 8 nitrogen and oxygen atoms in total. The molecular formula is C26H33N3O5. The Hall–Kier alpha value is -3.55. The lowest BCUT2D eigenvalue weighted by Crippen LogP contribution is -2.22. The van der Waals surface area contributed by atoms with Gasteiger partial charge in [0.2, 0.25) is 5.88 Å². The molecule has 3 aromatic rings. The Bertz CT molecular complexity index is 1060. The van der Waals surface area contributed by atoms with Crippen LogP contribution in [0.3, 0.4) is 0 Å². The Balaban J connectivity index is 1.66. The molecule has 1 N–H and O–H groups in total. The summed E-state index contributed by atoms with van der Waals surface area (Å²) in [4.78, 5) is 20.9. The average Bonchev–Trinajstić information content (AvgIpc) is 2.86. The second-order valence-electron chi connectivity index (χ2n) is 7.97. The number of nitrogens with one attached hydrogen (secondary N) is 1. The first-order valence-corrected chi connectivity index (χ1v) is 11.7. The van der Waals surface area contributed by atoms with Crippen molar-refractivity contribution in [2.45, 2.75) is 58.5 Å². The van der Waals surface area contributed by atoms with E-state index in [0.717, 1.165) is 38.5 Å². The van der Waals surface area contributed by atoms with Crippen LogP contribution in [-0.2, 0) is 4.74 Å². The third kappa shape index (κ3) is 6.73. The minimum atomic E-state index is -0.436. The molecule has 3 rings (SSSR count). The van der Waals surface area contributed by atoms with E-state index in [1.165, 1.54) is 6.33 Å². The normalized spacial score (nSPS) is 10.9. The molecule has 0 fully saturated rings. The number of rotatable bonds is 12. The van der Waals surface area contributed by atoms with Crippen LogP contribution < -0.4 is 19.5 Å². The number of benzene rings is 2. The zero-order chi connectivity index (χ0) is 24.3. The highest BCUT2D eigenvalue weighted by Gasteiger charge is 2.15. The molecule has 34 heavy (non-hydrogen) atoms. The van der Waals surface area contributed by atoms with Gasteiger partial charge in [0.1, 0.15) is 18.2 Å². The first kappa shape index (κ1) is 25.1. The average molecular weight is 468 g/mol. The summed E-state index contributed by atoms with van der Waals surface area (Å²) in [6, 6.07) is 10.6. The smallest absolute Gasteiger partial charge is 0.411 e. The third-order valence-electron chi connectivity index (χ3n) is 5.45. The standard InChI is InChI=1S/C26H33N3O5/c1-5-7-9-19(10-8-6-2)34-26(30)29-18-11-13-20(14-12-18)33-25-21-15-23(31-3)24(32-4)16-22(21)27-17-28-25/h11-17,19H,5-10H2,1-4H3,(H,29,30). The number of unbranched alkanes of at least 4 members (excludes halogenated alkanes) is 2. The summed E-state index contributed by atoms with van der Waals surface area (Å²) in [5.41, 5.74) is 1.30. The fourth-order valence-corrected chi connectivity index (χ4v) is 3.58. The molecule has 0 radical (unpaired) electrons. The van der Waals surface area contributed by atoms with Crippen molar-refractivity contribution in [3.63, 3.8) is 0 Å². The largest absolute Gasteiger partial charge is 0.493 e. The molecular weight excluding hydrogens is 434 g/mol. The van der Waals surface area contributed by atoms with Crippen LogP contribution in [-0.4, -0.2) is 36.4 Å². The van der Waals surface area contributed by atoms with Crippen molar-refractivity contribution in [3.8, 4) is 23.1 Å². The molecule has 1 aromatic heterocycles. The molecule has 0 spiro atoms. The van der Waals surface area contributed by atoms with Crippen molar-refractivity contribution >= 4 is 22.7 Å². The van der Waals surface area contributed by atoms with Gasteiger partial charge in [-0.05, 0) is 43.2 Å². The summed E-state index contributed by atoms with van der Waals surface area (Å²) in [5, 5.41) is 3.49. The maximum absolute atomic E-state index is 12.4. The summed E-state index contributed by atoms with van der Waals surface area (Å²) < 4.78 is 22.4. The SMILES string of the molecule is CCCCC(CCCC)OC(=O)Nc1ccc(Oc2ncnc3cc(OC)c(OC)cc23)cc1. The Labute approximate surface area is 200 Å². The molecule has 1 heterocycles. The van der Waals surface area contributed by atoms with Crippen molar-refractivity contribution in [3.05, 3.63) is 42.7 Å². The lowest BCUT2D eigenvalue weighted by Gasteiger charge is -2.18. The van der Waals surface area contributed by atoms with E-state index in [2.05, 4.69) is 29.1 Å². The van der Waals surface area contributed by atoms with Crippen molar-refractivity contribution < 1.29 is 23.7 Å². The minimum Gasteiger partial charge on any atom is -0.493 e. The predicted octanol–water partition coefficient (Wildman–Crippen LogP) is 6.74.